The Kier molecular flexibility index (Phi) is 15.5. The molecule has 0 aromatic rings. The van der Waals surface area contributed by atoms with Crippen molar-refractivity contribution in [3.63, 3.8) is 0 Å². The topological polar surface area (TPSA) is 18.5 Å². The van der Waals surface area contributed by atoms with Gasteiger partial charge in [-0.3, -0.25) is 0 Å². The molecule has 1 atom stereocenters. The minimum absolute atomic E-state index is 0.0662. The third kappa shape index (κ3) is 13.9. The number of hydrogen-bond acceptors (Lipinski definition) is 2. The Balaban J connectivity index is 1.74. The van der Waals surface area contributed by atoms with Gasteiger partial charge in [-0.05, 0) is 38.5 Å². The van der Waals surface area contributed by atoms with Crippen LogP contribution in [-0.4, -0.2) is 19.5 Å². The molecule has 1 aliphatic heterocycles. The highest BCUT2D eigenvalue weighted by atomic mass is 16.7. The van der Waals surface area contributed by atoms with Gasteiger partial charge in [0, 0.05) is 26.1 Å². The Morgan fingerprint density at radius 1 is 0.792 bits per heavy atom. The van der Waals surface area contributed by atoms with Crippen LogP contribution in [0.25, 0.3) is 0 Å². The molecule has 1 saturated heterocycles. The van der Waals surface area contributed by atoms with Crippen molar-refractivity contribution in [2.24, 2.45) is 0 Å². The lowest BCUT2D eigenvalue weighted by molar-refractivity contribution is -0.162. The SMILES string of the molecule is CCCCCCCCCCCC#CCCCCOC1CCCCO1. The number of rotatable bonds is 14. The molecule has 1 rings (SSSR count). The van der Waals surface area contributed by atoms with Crippen molar-refractivity contribution in [2.45, 2.75) is 116 Å². The molecule has 2 nitrogen and oxygen atoms in total. The predicted molar refractivity (Wildman–Crippen MR) is 103 cm³/mol. The van der Waals surface area contributed by atoms with Crippen molar-refractivity contribution < 1.29 is 9.47 Å². The fraction of sp³-hybridized carbons (Fsp3) is 0.909. The van der Waals surface area contributed by atoms with E-state index in [-0.39, 0.29) is 6.29 Å². The van der Waals surface area contributed by atoms with Gasteiger partial charge in [-0.2, -0.15) is 0 Å². The van der Waals surface area contributed by atoms with Gasteiger partial charge in [0.15, 0.2) is 6.29 Å². The summed E-state index contributed by atoms with van der Waals surface area (Å²) in [5.74, 6) is 6.64. The largest absolute Gasteiger partial charge is 0.353 e. The summed E-state index contributed by atoms with van der Waals surface area (Å²) in [6, 6.07) is 0. The summed E-state index contributed by atoms with van der Waals surface area (Å²) in [5.41, 5.74) is 0. The van der Waals surface area contributed by atoms with Gasteiger partial charge >= 0.3 is 0 Å². The fourth-order valence-electron chi connectivity index (χ4n) is 3.07. The Morgan fingerprint density at radius 2 is 1.42 bits per heavy atom. The summed E-state index contributed by atoms with van der Waals surface area (Å²) in [6.45, 7) is 3.97. The maximum atomic E-state index is 5.73. The van der Waals surface area contributed by atoms with E-state index in [0.29, 0.717) is 0 Å². The maximum absolute atomic E-state index is 5.73. The lowest BCUT2D eigenvalue weighted by Crippen LogP contribution is -2.22. The number of ether oxygens (including phenoxy) is 2. The molecular formula is C22H40O2. The Bertz CT molecular complexity index is 310. The predicted octanol–water partition coefficient (Wildman–Crippen LogP) is 6.62. The quantitative estimate of drug-likeness (QED) is 0.262. The second-order valence-electron chi connectivity index (χ2n) is 7.06. The van der Waals surface area contributed by atoms with Crippen molar-refractivity contribution >= 4 is 0 Å². The van der Waals surface area contributed by atoms with Gasteiger partial charge in [-0.15, -0.1) is 11.8 Å². The highest BCUT2D eigenvalue weighted by molar-refractivity contribution is 4.98. The van der Waals surface area contributed by atoms with E-state index >= 15 is 0 Å². The highest BCUT2D eigenvalue weighted by Crippen LogP contribution is 2.14. The third-order valence-electron chi connectivity index (χ3n) is 4.67. The molecule has 1 heterocycles. The van der Waals surface area contributed by atoms with Crippen molar-refractivity contribution in [3.05, 3.63) is 0 Å². The Labute approximate surface area is 151 Å². The van der Waals surface area contributed by atoms with Crippen LogP contribution in [0, 0.1) is 11.8 Å². The van der Waals surface area contributed by atoms with Crippen LogP contribution >= 0.6 is 0 Å². The Hall–Kier alpha value is -0.520. The van der Waals surface area contributed by atoms with E-state index < -0.39 is 0 Å². The molecule has 0 aromatic carbocycles. The molecular weight excluding hydrogens is 296 g/mol. The van der Waals surface area contributed by atoms with Gasteiger partial charge in [0.1, 0.15) is 0 Å². The Morgan fingerprint density at radius 3 is 2.04 bits per heavy atom. The molecule has 0 spiro atoms. The zero-order chi connectivity index (χ0) is 17.1. The molecule has 1 fully saturated rings. The number of unbranched alkanes of at least 4 members (excludes halogenated alkanes) is 11. The van der Waals surface area contributed by atoms with Crippen LogP contribution in [0.4, 0.5) is 0 Å². The molecule has 24 heavy (non-hydrogen) atoms. The first-order valence-corrected chi connectivity index (χ1v) is 10.6. The summed E-state index contributed by atoms with van der Waals surface area (Å²) in [4.78, 5) is 0. The van der Waals surface area contributed by atoms with E-state index in [0.717, 1.165) is 45.3 Å². The van der Waals surface area contributed by atoms with Crippen molar-refractivity contribution in [3.8, 4) is 11.8 Å². The smallest absolute Gasteiger partial charge is 0.157 e. The van der Waals surface area contributed by atoms with Crippen LogP contribution in [0.1, 0.15) is 110 Å². The molecule has 0 saturated carbocycles. The summed E-state index contributed by atoms with van der Waals surface area (Å²) >= 11 is 0. The van der Waals surface area contributed by atoms with Crippen LogP contribution in [0.2, 0.25) is 0 Å². The van der Waals surface area contributed by atoms with Crippen LogP contribution in [-0.2, 0) is 9.47 Å². The first-order chi connectivity index (χ1) is 11.9. The summed E-state index contributed by atoms with van der Waals surface area (Å²) in [6.07, 6.45) is 20.4. The number of hydrogen-bond donors (Lipinski definition) is 0. The summed E-state index contributed by atoms with van der Waals surface area (Å²) < 4.78 is 11.3. The van der Waals surface area contributed by atoms with E-state index in [1.165, 1.54) is 70.6 Å². The molecule has 0 aromatic heterocycles. The molecule has 0 aliphatic carbocycles. The second kappa shape index (κ2) is 17.3. The second-order valence-corrected chi connectivity index (χ2v) is 7.06. The van der Waals surface area contributed by atoms with Crippen molar-refractivity contribution in [2.75, 3.05) is 13.2 Å². The summed E-state index contributed by atoms with van der Waals surface area (Å²) in [7, 11) is 0. The lowest BCUT2D eigenvalue weighted by Gasteiger charge is -2.22. The lowest BCUT2D eigenvalue weighted by atomic mass is 10.1. The minimum Gasteiger partial charge on any atom is -0.353 e. The minimum atomic E-state index is 0.0662. The van der Waals surface area contributed by atoms with E-state index in [1.54, 1.807) is 0 Å². The summed E-state index contributed by atoms with van der Waals surface area (Å²) in [5, 5.41) is 0. The van der Waals surface area contributed by atoms with E-state index in [1.807, 2.05) is 0 Å². The van der Waals surface area contributed by atoms with Gasteiger partial charge in [0.2, 0.25) is 0 Å². The van der Waals surface area contributed by atoms with Crippen LogP contribution in [0.5, 0.6) is 0 Å². The fourth-order valence-corrected chi connectivity index (χ4v) is 3.07. The van der Waals surface area contributed by atoms with Crippen molar-refractivity contribution in [1.29, 1.82) is 0 Å². The molecule has 0 radical (unpaired) electrons. The van der Waals surface area contributed by atoms with Gasteiger partial charge in [0.05, 0.1) is 0 Å². The van der Waals surface area contributed by atoms with Gasteiger partial charge in [0.25, 0.3) is 0 Å². The van der Waals surface area contributed by atoms with Gasteiger partial charge < -0.3 is 9.47 Å². The standard InChI is InChI=1S/C22H40O2/c1-2-3-4-5-6-7-8-9-10-11-12-13-14-15-17-20-23-22-19-16-18-21-24-22/h22H,2-11,14-21H2,1H3. The third-order valence-corrected chi connectivity index (χ3v) is 4.67. The normalized spacial score (nSPS) is 17.5. The average molecular weight is 337 g/mol. The van der Waals surface area contributed by atoms with Crippen LogP contribution in [0.15, 0.2) is 0 Å². The van der Waals surface area contributed by atoms with Gasteiger partial charge in [-0.1, -0.05) is 58.3 Å². The van der Waals surface area contributed by atoms with Gasteiger partial charge in [-0.25, -0.2) is 0 Å². The molecule has 1 unspecified atom stereocenters. The van der Waals surface area contributed by atoms with Crippen LogP contribution < -0.4 is 0 Å². The maximum Gasteiger partial charge on any atom is 0.157 e. The van der Waals surface area contributed by atoms with Crippen LogP contribution in [0.3, 0.4) is 0 Å². The molecule has 0 amide bonds. The van der Waals surface area contributed by atoms with Crippen molar-refractivity contribution in [1.82, 2.24) is 0 Å². The molecule has 1 aliphatic rings. The van der Waals surface area contributed by atoms with E-state index in [9.17, 15) is 0 Å². The first kappa shape index (κ1) is 21.5. The average Bonchev–Trinajstić information content (AvgIpc) is 2.62. The monoisotopic (exact) mass is 336 g/mol. The molecule has 140 valence electrons. The highest BCUT2D eigenvalue weighted by Gasteiger charge is 2.12. The molecule has 0 N–H and O–H groups in total. The first-order valence-electron chi connectivity index (χ1n) is 10.6. The zero-order valence-corrected chi connectivity index (χ0v) is 16.1. The van der Waals surface area contributed by atoms with E-state index in [4.69, 9.17) is 9.47 Å². The molecule has 0 bridgehead atoms. The molecule has 2 heteroatoms. The van der Waals surface area contributed by atoms with E-state index in [2.05, 4.69) is 18.8 Å². The zero-order valence-electron chi connectivity index (χ0n) is 16.1.